The summed E-state index contributed by atoms with van der Waals surface area (Å²) in [6, 6.07) is 1.92. The van der Waals surface area contributed by atoms with Gasteiger partial charge >= 0.3 is 0 Å². The zero-order valence-corrected chi connectivity index (χ0v) is 11.9. The summed E-state index contributed by atoms with van der Waals surface area (Å²) in [6.07, 6.45) is 4.05. The molecule has 1 aromatic rings. The number of aromatic nitrogens is 2. The van der Waals surface area contributed by atoms with Crippen LogP contribution in [0.4, 0.5) is 0 Å². The maximum Gasteiger partial charge on any atom is 0.155 e. The highest BCUT2D eigenvalue weighted by atomic mass is 16.1. The van der Waals surface area contributed by atoms with Gasteiger partial charge in [-0.15, -0.1) is 0 Å². The van der Waals surface area contributed by atoms with E-state index in [-0.39, 0.29) is 11.8 Å². The lowest BCUT2D eigenvalue weighted by Crippen LogP contribution is -2.33. The van der Waals surface area contributed by atoms with E-state index in [9.17, 15) is 4.79 Å². The van der Waals surface area contributed by atoms with Crippen molar-refractivity contribution >= 4 is 5.78 Å². The lowest BCUT2D eigenvalue weighted by atomic mass is 9.99. The molecule has 0 bridgehead atoms. The van der Waals surface area contributed by atoms with Gasteiger partial charge in [0, 0.05) is 12.2 Å². The molecule has 18 heavy (non-hydrogen) atoms. The Bertz CT molecular complexity index is 384. The first kappa shape index (κ1) is 14.9. The minimum Gasteiger partial charge on any atom is -0.321 e. The monoisotopic (exact) mass is 251 g/mol. The highest BCUT2D eigenvalue weighted by molar-refractivity contribution is 5.85. The quantitative estimate of drug-likeness (QED) is 0.809. The molecule has 0 aliphatic carbocycles. The summed E-state index contributed by atoms with van der Waals surface area (Å²) in [5.74, 6) is 0.528. The third kappa shape index (κ3) is 4.26. The smallest absolute Gasteiger partial charge is 0.155 e. The number of carbonyl (C=O) groups excluding carboxylic acids is 1. The second-order valence-corrected chi connectivity index (χ2v) is 5.42. The van der Waals surface area contributed by atoms with E-state index in [1.165, 1.54) is 0 Å². The van der Waals surface area contributed by atoms with Gasteiger partial charge in [0.05, 0.1) is 18.2 Å². The lowest BCUT2D eigenvalue weighted by molar-refractivity contribution is -0.120. The molecule has 0 aromatic carbocycles. The standard InChI is InChI=1S/C14H25N3O/c1-5-11(4)17-7-6-12(16-17)9-14(18)13(15)8-10(2)3/h6-7,10-11,13H,5,8-9,15H2,1-4H3. The molecule has 102 valence electrons. The van der Waals surface area contributed by atoms with E-state index in [0.717, 1.165) is 18.5 Å². The molecule has 0 saturated carbocycles. The summed E-state index contributed by atoms with van der Waals surface area (Å²) in [7, 11) is 0. The first-order valence-corrected chi connectivity index (χ1v) is 6.76. The Morgan fingerprint density at radius 2 is 2.11 bits per heavy atom. The van der Waals surface area contributed by atoms with E-state index in [4.69, 9.17) is 5.73 Å². The zero-order chi connectivity index (χ0) is 13.7. The van der Waals surface area contributed by atoms with Gasteiger partial charge in [0.2, 0.25) is 0 Å². The first-order valence-electron chi connectivity index (χ1n) is 6.76. The number of rotatable bonds is 7. The van der Waals surface area contributed by atoms with Gasteiger partial charge in [-0.25, -0.2) is 0 Å². The van der Waals surface area contributed by atoms with Crippen LogP contribution in [-0.2, 0) is 11.2 Å². The van der Waals surface area contributed by atoms with Crippen molar-refractivity contribution in [3.05, 3.63) is 18.0 Å². The third-order valence-electron chi connectivity index (χ3n) is 3.20. The molecule has 0 radical (unpaired) electrons. The predicted molar refractivity (Wildman–Crippen MR) is 73.4 cm³/mol. The van der Waals surface area contributed by atoms with Gasteiger partial charge in [-0.3, -0.25) is 9.48 Å². The maximum absolute atomic E-state index is 11.9. The van der Waals surface area contributed by atoms with E-state index in [1.807, 2.05) is 16.9 Å². The van der Waals surface area contributed by atoms with Crippen LogP contribution in [0.2, 0.25) is 0 Å². The number of ketones is 1. The molecule has 4 heteroatoms. The minimum atomic E-state index is -0.362. The molecule has 0 fully saturated rings. The van der Waals surface area contributed by atoms with Crippen LogP contribution in [0.25, 0.3) is 0 Å². The van der Waals surface area contributed by atoms with E-state index < -0.39 is 0 Å². The molecule has 0 aliphatic heterocycles. The highest BCUT2D eigenvalue weighted by Crippen LogP contribution is 2.11. The molecule has 2 unspecified atom stereocenters. The lowest BCUT2D eigenvalue weighted by Gasteiger charge is -2.12. The van der Waals surface area contributed by atoms with Crippen molar-refractivity contribution in [3.63, 3.8) is 0 Å². The van der Waals surface area contributed by atoms with E-state index >= 15 is 0 Å². The molecule has 0 saturated heterocycles. The summed E-state index contributed by atoms with van der Waals surface area (Å²) in [5, 5.41) is 4.42. The number of nitrogens with two attached hydrogens (primary N) is 1. The van der Waals surface area contributed by atoms with Gasteiger partial charge in [0.1, 0.15) is 0 Å². The average molecular weight is 251 g/mol. The van der Waals surface area contributed by atoms with Crippen molar-refractivity contribution in [1.82, 2.24) is 9.78 Å². The van der Waals surface area contributed by atoms with Crippen LogP contribution >= 0.6 is 0 Å². The van der Waals surface area contributed by atoms with Gasteiger partial charge in [-0.2, -0.15) is 5.10 Å². The summed E-state index contributed by atoms with van der Waals surface area (Å²) < 4.78 is 1.91. The van der Waals surface area contributed by atoms with Gasteiger partial charge in [-0.05, 0) is 31.7 Å². The predicted octanol–water partition coefficient (Wildman–Crippen LogP) is 2.34. The van der Waals surface area contributed by atoms with Crippen molar-refractivity contribution in [1.29, 1.82) is 0 Å². The Balaban J connectivity index is 2.57. The van der Waals surface area contributed by atoms with Crippen LogP contribution in [0.15, 0.2) is 12.3 Å². The van der Waals surface area contributed by atoms with Crippen molar-refractivity contribution in [3.8, 4) is 0 Å². The Morgan fingerprint density at radius 1 is 1.44 bits per heavy atom. The van der Waals surface area contributed by atoms with Crippen LogP contribution in [0.1, 0.15) is 52.3 Å². The first-order chi connectivity index (χ1) is 8.43. The largest absolute Gasteiger partial charge is 0.321 e. The average Bonchev–Trinajstić information content (AvgIpc) is 2.75. The van der Waals surface area contributed by atoms with Crippen molar-refractivity contribution in [2.75, 3.05) is 0 Å². The maximum atomic E-state index is 11.9. The van der Waals surface area contributed by atoms with Crippen LogP contribution in [0, 0.1) is 5.92 Å². The van der Waals surface area contributed by atoms with Crippen LogP contribution in [-0.4, -0.2) is 21.6 Å². The molecule has 4 nitrogen and oxygen atoms in total. The number of carbonyl (C=O) groups is 1. The van der Waals surface area contributed by atoms with Crippen molar-refractivity contribution in [2.24, 2.45) is 11.7 Å². The normalized spacial score (nSPS) is 14.8. The molecule has 2 N–H and O–H groups in total. The topological polar surface area (TPSA) is 60.9 Å². The molecule has 2 atom stereocenters. The summed E-state index contributed by atoms with van der Waals surface area (Å²) >= 11 is 0. The van der Waals surface area contributed by atoms with Crippen LogP contribution in [0.5, 0.6) is 0 Å². The Labute approximate surface area is 110 Å². The Kier molecular flexibility index (Phi) is 5.54. The molecule has 1 rings (SSSR count). The van der Waals surface area contributed by atoms with Crippen LogP contribution in [0.3, 0.4) is 0 Å². The third-order valence-corrected chi connectivity index (χ3v) is 3.20. The number of hydrogen-bond donors (Lipinski definition) is 1. The summed E-state index contributed by atoms with van der Waals surface area (Å²) in [4.78, 5) is 11.9. The van der Waals surface area contributed by atoms with E-state index in [2.05, 4.69) is 32.8 Å². The Hall–Kier alpha value is -1.16. The van der Waals surface area contributed by atoms with E-state index in [0.29, 0.717) is 18.4 Å². The number of nitrogens with zero attached hydrogens (tertiary/aromatic N) is 2. The number of hydrogen-bond acceptors (Lipinski definition) is 3. The fraction of sp³-hybridized carbons (Fsp3) is 0.714. The second kappa shape index (κ2) is 6.69. The summed E-state index contributed by atoms with van der Waals surface area (Å²) in [6.45, 7) is 8.38. The van der Waals surface area contributed by atoms with Gasteiger partial charge in [0.15, 0.2) is 5.78 Å². The SMILES string of the molecule is CCC(C)n1ccc(CC(=O)C(N)CC(C)C)n1. The van der Waals surface area contributed by atoms with Crippen LogP contribution < -0.4 is 5.73 Å². The second-order valence-electron chi connectivity index (χ2n) is 5.42. The molecule has 1 aromatic heterocycles. The molecule has 0 amide bonds. The van der Waals surface area contributed by atoms with Gasteiger partial charge in [0.25, 0.3) is 0 Å². The van der Waals surface area contributed by atoms with E-state index in [1.54, 1.807) is 0 Å². The van der Waals surface area contributed by atoms with Crippen molar-refractivity contribution in [2.45, 2.75) is 59.0 Å². The molecule has 1 heterocycles. The fourth-order valence-electron chi connectivity index (χ4n) is 1.85. The zero-order valence-electron chi connectivity index (χ0n) is 11.9. The van der Waals surface area contributed by atoms with Gasteiger partial charge < -0.3 is 5.73 Å². The number of Topliss-reactive ketones (excluding diaryl/α,β-unsaturated/α-hetero) is 1. The molecule has 0 spiro atoms. The Morgan fingerprint density at radius 3 is 2.67 bits per heavy atom. The van der Waals surface area contributed by atoms with Gasteiger partial charge in [-0.1, -0.05) is 20.8 Å². The fourth-order valence-corrected chi connectivity index (χ4v) is 1.85. The summed E-state index contributed by atoms with van der Waals surface area (Å²) in [5.41, 5.74) is 6.69. The van der Waals surface area contributed by atoms with Crippen molar-refractivity contribution < 1.29 is 4.79 Å². The molecule has 0 aliphatic rings. The minimum absolute atomic E-state index is 0.0816. The molecular formula is C14H25N3O. The molecular weight excluding hydrogens is 226 g/mol. The highest BCUT2D eigenvalue weighted by Gasteiger charge is 2.16.